The highest BCUT2D eigenvalue weighted by Crippen LogP contribution is 2.22. The quantitative estimate of drug-likeness (QED) is 0.0344. The van der Waals surface area contributed by atoms with Crippen LogP contribution in [0.5, 0.6) is 0 Å². The third kappa shape index (κ3) is 12.4. The number of Topliss-reactive ketones (excluding diaryl/α,β-unsaturated/α-hetero) is 1. The molecule has 0 aliphatic carbocycles. The van der Waals surface area contributed by atoms with E-state index >= 15 is 0 Å². The smallest absolute Gasteiger partial charge is 0.297 e. The molecule has 2 aromatic carbocycles. The molecule has 0 bridgehead atoms. The summed E-state index contributed by atoms with van der Waals surface area (Å²) in [5.41, 5.74) is 19.2. The summed E-state index contributed by atoms with van der Waals surface area (Å²) >= 11 is 5.96. The number of benzene rings is 2. The van der Waals surface area contributed by atoms with Crippen LogP contribution < -0.4 is 49.1 Å². The molecular weight excluding hydrogens is 726 g/mol. The van der Waals surface area contributed by atoms with Gasteiger partial charge in [-0.05, 0) is 82.1 Å². The third-order valence-corrected chi connectivity index (χ3v) is 8.23. The second-order valence-corrected chi connectivity index (χ2v) is 12.6. The van der Waals surface area contributed by atoms with Crippen LogP contribution in [0.1, 0.15) is 53.1 Å². The van der Waals surface area contributed by atoms with E-state index < -0.39 is 77.8 Å². The third-order valence-electron chi connectivity index (χ3n) is 7.98. The van der Waals surface area contributed by atoms with Crippen LogP contribution in [0.3, 0.4) is 0 Å². The fourth-order valence-electron chi connectivity index (χ4n) is 4.96. The Kier molecular flexibility index (Phi) is 16.6. The summed E-state index contributed by atoms with van der Waals surface area (Å²) in [5.74, 6) is -5.28. The highest BCUT2D eigenvalue weighted by molar-refractivity contribution is 6.30. The summed E-state index contributed by atoms with van der Waals surface area (Å²) in [7, 11) is 1.34. The number of aliphatic hydroxyl groups excluding tert-OH is 1. The number of nitrogens with two attached hydrogens (primary N) is 3. The number of hydrogen-bond acceptors (Lipinski definition) is 14. The molecule has 0 aliphatic rings. The summed E-state index contributed by atoms with van der Waals surface area (Å²) in [4.78, 5) is 82.2. The Morgan fingerprint density at radius 3 is 1.96 bits per heavy atom. The van der Waals surface area contributed by atoms with Crippen molar-refractivity contribution >= 4 is 46.9 Å². The predicted molar refractivity (Wildman–Crippen MR) is 196 cm³/mol. The van der Waals surface area contributed by atoms with Crippen molar-refractivity contribution in [1.29, 1.82) is 0 Å². The number of nitrogens with one attached hydrogen (secondary N) is 6. The van der Waals surface area contributed by atoms with Gasteiger partial charge in [0.25, 0.3) is 23.5 Å². The first kappa shape index (κ1) is 43.1. The summed E-state index contributed by atoms with van der Waals surface area (Å²) in [5, 5.41) is 29.2. The number of nitrogens with zero attached hydrogens (tertiary/aromatic N) is 2. The minimum atomic E-state index is -1.60. The molecule has 0 radical (unpaired) electrons. The first-order chi connectivity index (χ1) is 25.7. The molecule has 5 amide bonds. The second-order valence-electron chi connectivity index (χ2n) is 12.1. The maximum Gasteiger partial charge on any atom is 0.297 e. The van der Waals surface area contributed by atoms with E-state index in [1.165, 1.54) is 20.9 Å². The average Bonchev–Trinajstić information content (AvgIpc) is 3.59. The van der Waals surface area contributed by atoms with E-state index in [1.54, 1.807) is 36.4 Å². The van der Waals surface area contributed by atoms with Crippen molar-refractivity contribution in [2.45, 2.75) is 69.7 Å². The topological polar surface area (TPSA) is 312 Å². The number of hydrogen-bond donors (Lipinski definition) is 10. The number of aromatic nitrogens is 2. The Bertz CT molecular complexity index is 1750. The highest BCUT2D eigenvalue weighted by atomic mass is 35.5. The van der Waals surface area contributed by atoms with Gasteiger partial charge in [0.05, 0.1) is 6.10 Å². The maximum atomic E-state index is 13.3. The first-order valence-electron chi connectivity index (χ1n) is 16.9. The molecule has 19 nitrogen and oxygen atoms in total. The molecule has 0 fully saturated rings. The van der Waals surface area contributed by atoms with Crippen LogP contribution in [-0.4, -0.2) is 107 Å². The molecule has 0 saturated carbocycles. The molecule has 3 aromatic rings. The fraction of sp³-hybridized carbons (Fsp3) is 0.412. The van der Waals surface area contributed by atoms with Gasteiger partial charge in [0.1, 0.15) is 24.3 Å². The largest absolute Gasteiger partial charge is 0.391 e. The van der Waals surface area contributed by atoms with E-state index in [-0.39, 0.29) is 24.4 Å². The van der Waals surface area contributed by atoms with Gasteiger partial charge in [-0.1, -0.05) is 41.0 Å². The summed E-state index contributed by atoms with van der Waals surface area (Å²) in [6.45, 7) is 2.68. The van der Waals surface area contributed by atoms with E-state index in [9.17, 15) is 33.9 Å². The normalized spacial score (nSPS) is 14.4. The van der Waals surface area contributed by atoms with Crippen molar-refractivity contribution < 1.29 is 38.4 Å². The van der Waals surface area contributed by atoms with Crippen LogP contribution >= 0.6 is 11.6 Å². The van der Waals surface area contributed by atoms with E-state index in [4.69, 9.17) is 33.3 Å². The van der Waals surface area contributed by atoms with Crippen LogP contribution in [0.4, 0.5) is 0 Å². The average molecular weight is 772 g/mol. The molecule has 0 aliphatic heterocycles. The zero-order valence-corrected chi connectivity index (χ0v) is 30.7. The van der Waals surface area contributed by atoms with Crippen molar-refractivity contribution in [2.24, 2.45) is 17.2 Å². The number of aryl methyl sites for hydroxylation is 1. The summed E-state index contributed by atoms with van der Waals surface area (Å²) in [6.07, 6.45) is -3.52. The van der Waals surface area contributed by atoms with Crippen molar-refractivity contribution in [2.75, 3.05) is 20.1 Å². The number of likely N-dealkylation sites (N-methyl/N-ethyl adjacent to an activating group) is 1. The molecule has 0 saturated heterocycles. The number of rotatable bonds is 20. The molecule has 1 heterocycles. The number of carbonyl (C=O) groups excluding carboxylic acids is 6. The molecule has 6 atom stereocenters. The Labute approximate surface area is 315 Å². The lowest BCUT2D eigenvalue weighted by molar-refractivity contribution is -0.136. The molecule has 54 heavy (non-hydrogen) atoms. The lowest BCUT2D eigenvalue weighted by atomic mass is 10.0. The van der Waals surface area contributed by atoms with Crippen LogP contribution in [0.15, 0.2) is 53.1 Å². The minimum Gasteiger partial charge on any atom is -0.391 e. The zero-order chi connectivity index (χ0) is 39.9. The molecular formula is C34H46ClN11O8. The molecule has 6 unspecified atom stereocenters. The van der Waals surface area contributed by atoms with Gasteiger partial charge in [0, 0.05) is 17.1 Å². The van der Waals surface area contributed by atoms with Crippen LogP contribution in [-0.2, 0) is 19.2 Å². The fourth-order valence-corrected chi connectivity index (χ4v) is 5.08. The zero-order valence-electron chi connectivity index (χ0n) is 29.9. The Balaban J connectivity index is 1.63. The maximum absolute atomic E-state index is 13.3. The molecule has 292 valence electrons. The molecule has 13 N–H and O–H groups in total. The lowest BCUT2D eigenvalue weighted by Gasteiger charge is -2.27. The Morgan fingerprint density at radius 1 is 0.815 bits per heavy atom. The SMILES string of the molecule is CNC(NC(=O)C(NC(=O)C(CN)NC(=O)c1ccc(-c2ccc(Cl)cc2)cc1)C(C)O)C(=O)NC(CCCCN)C(=O)NC(N)C(=O)c1nc(C)no1. The standard InChI is InChI=1S/C34H46ClN11O8/c1-17(47)25(43-31(51)24(16-37)42-29(49)21-9-7-19(8-10-21)20-11-13-22(35)14-12-20)32(52)45-28(39-3)33(53)41-23(6-4-5-15-36)30(50)44-27(38)26(48)34-40-18(2)46-54-34/h7-14,17,23-25,27-28,39,47H,4-6,15-16,36-38H2,1-3H3,(H,41,53)(H,42,49)(H,43,51)(H,44,50)(H,45,52). The van der Waals surface area contributed by atoms with E-state index in [0.29, 0.717) is 24.4 Å². The number of aliphatic hydroxyl groups is 1. The van der Waals surface area contributed by atoms with Gasteiger partial charge in [-0.25, -0.2) is 0 Å². The van der Waals surface area contributed by atoms with Gasteiger partial charge in [-0.2, -0.15) is 4.98 Å². The van der Waals surface area contributed by atoms with E-state index in [2.05, 4.69) is 42.0 Å². The Hall–Kier alpha value is -5.31. The van der Waals surface area contributed by atoms with Crippen LogP contribution in [0.25, 0.3) is 11.1 Å². The van der Waals surface area contributed by atoms with Gasteiger partial charge < -0.3 is 53.4 Å². The van der Waals surface area contributed by atoms with Gasteiger partial charge in [-0.15, -0.1) is 0 Å². The predicted octanol–water partition coefficient (Wildman–Crippen LogP) is -1.82. The van der Waals surface area contributed by atoms with Crippen molar-refractivity contribution in [3.05, 3.63) is 70.8 Å². The van der Waals surface area contributed by atoms with E-state index in [0.717, 1.165) is 11.1 Å². The summed E-state index contributed by atoms with van der Waals surface area (Å²) < 4.78 is 4.80. The number of carbonyl (C=O) groups is 6. The summed E-state index contributed by atoms with van der Waals surface area (Å²) in [6, 6.07) is 9.58. The molecule has 20 heteroatoms. The van der Waals surface area contributed by atoms with Gasteiger partial charge in [0.15, 0.2) is 12.0 Å². The number of halogens is 1. The van der Waals surface area contributed by atoms with Gasteiger partial charge in [0.2, 0.25) is 17.7 Å². The first-order valence-corrected chi connectivity index (χ1v) is 17.3. The molecule has 1 aromatic heterocycles. The van der Waals surface area contributed by atoms with Crippen molar-refractivity contribution in [3.63, 3.8) is 0 Å². The van der Waals surface area contributed by atoms with Crippen molar-refractivity contribution in [1.82, 2.24) is 42.0 Å². The lowest BCUT2D eigenvalue weighted by Crippen LogP contribution is -2.64. The number of amides is 5. The number of ketones is 1. The van der Waals surface area contributed by atoms with Gasteiger partial charge >= 0.3 is 0 Å². The highest BCUT2D eigenvalue weighted by Gasteiger charge is 2.33. The molecule has 3 rings (SSSR count). The van der Waals surface area contributed by atoms with E-state index in [1.807, 2.05) is 12.1 Å². The molecule has 0 spiro atoms. The van der Waals surface area contributed by atoms with Crippen molar-refractivity contribution in [3.8, 4) is 11.1 Å². The van der Waals surface area contributed by atoms with Gasteiger partial charge in [-0.3, -0.25) is 34.1 Å². The van der Waals surface area contributed by atoms with Crippen LogP contribution in [0, 0.1) is 6.92 Å². The second kappa shape index (κ2) is 20.8. The minimum absolute atomic E-state index is 0.0881. The Morgan fingerprint density at radius 2 is 1.43 bits per heavy atom. The number of unbranched alkanes of at least 4 members (excludes halogenated alkanes) is 1. The van der Waals surface area contributed by atoms with Crippen LogP contribution in [0.2, 0.25) is 5.02 Å². The monoisotopic (exact) mass is 771 g/mol.